The minimum Gasteiger partial charge on any atom is -0.497 e. The lowest BCUT2D eigenvalue weighted by Gasteiger charge is -2.38. The Bertz CT molecular complexity index is 2410. The Morgan fingerprint density at radius 1 is 0.649 bits per heavy atom. The van der Waals surface area contributed by atoms with Crippen LogP contribution in [0.25, 0.3) is 0 Å². The zero-order chi connectivity index (χ0) is 56.7. The molecule has 9 amide bonds. The predicted molar refractivity (Wildman–Crippen MR) is 287 cm³/mol. The first-order valence-corrected chi connectivity index (χ1v) is 26.1. The fourth-order valence-electron chi connectivity index (χ4n) is 9.34. The van der Waals surface area contributed by atoms with Crippen LogP contribution in [0.4, 0.5) is 0 Å². The summed E-state index contributed by atoms with van der Waals surface area (Å²) in [4.78, 5) is 135. The van der Waals surface area contributed by atoms with E-state index in [2.05, 4.69) is 47.2 Å². The van der Waals surface area contributed by atoms with Crippen molar-refractivity contribution < 1.29 is 47.9 Å². The monoisotopic (exact) mass is 1070 g/mol. The van der Waals surface area contributed by atoms with Crippen molar-refractivity contribution in [1.82, 2.24) is 37.2 Å². The lowest BCUT2D eigenvalue weighted by Crippen LogP contribution is -2.62. The standard InChI is InChI=1S/C52H79N15O10/c1-30(2)41-48(75)64-36(20-21-40(53)68)44(71)63-37(45(72)62-35(15-11-27-60-51(57)58)43(70)61-34(42(54)69)14-10-26-59-50(55)56)22-25-52(23-8-5-9-24-52)49(76)66-39(29-32-16-18-33(77-3)19-17-32)46(73)65-38(47(74)67-41)28-31-12-6-4-7-13-31/h4,6-7,12-13,16-19,30,34-39,41H,5,8-11,14-15,20-29H2,1-3H3,(H2,53,68)(H2,54,69)(H,61,70)(H,62,72)(H,63,71)(H,64,75)(H,65,73)(H,66,76)(H,67,74)(H4,55,56,59)(H4,57,58,60)/t34-,35+,36+,37?,38+,39+,41+/m1/s1. The van der Waals surface area contributed by atoms with Gasteiger partial charge in [-0.15, -0.1) is 0 Å². The van der Waals surface area contributed by atoms with Gasteiger partial charge in [0.25, 0.3) is 0 Å². The van der Waals surface area contributed by atoms with Gasteiger partial charge in [0, 0.05) is 37.8 Å². The summed E-state index contributed by atoms with van der Waals surface area (Å²) in [7, 11) is 1.51. The number of guanidine groups is 2. The molecule has 422 valence electrons. The van der Waals surface area contributed by atoms with E-state index >= 15 is 4.79 Å². The maximum atomic E-state index is 15.1. The zero-order valence-electron chi connectivity index (χ0n) is 44.3. The molecule has 1 spiro atoms. The highest BCUT2D eigenvalue weighted by molar-refractivity contribution is 5.98. The van der Waals surface area contributed by atoms with E-state index in [9.17, 15) is 38.4 Å². The summed E-state index contributed by atoms with van der Waals surface area (Å²) in [5.41, 5.74) is 33.3. The van der Waals surface area contributed by atoms with Crippen LogP contribution in [0.5, 0.6) is 5.75 Å². The molecule has 1 heterocycles. The van der Waals surface area contributed by atoms with Gasteiger partial charge in [0.05, 0.1) is 7.11 Å². The Hall–Kier alpha value is -7.99. The lowest BCUT2D eigenvalue weighted by molar-refractivity contribution is -0.139. The van der Waals surface area contributed by atoms with Crippen molar-refractivity contribution in [2.24, 2.45) is 55.7 Å². The molecule has 7 atom stereocenters. The Morgan fingerprint density at radius 2 is 1.19 bits per heavy atom. The third-order valence-electron chi connectivity index (χ3n) is 13.7. The molecule has 2 fully saturated rings. The van der Waals surface area contributed by atoms with Crippen LogP contribution in [0.15, 0.2) is 64.6 Å². The number of carbonyl (C=O) groups excluding carboxylic acids is 9. The van der Waals surface area contributed by atoms with Crippen LogP contribution in [0, 0.1) is 11.3 Å². The molecule has 4 rings (SSSR count). The predicted octanol–water partition coefficient (Wildman–Crippen LogP) is -1.87. The van der Waals surface area contributed by atoms with Crippen molar-refractivity contribution in [2.45, 2.75) is 152 Å². The number of rotatable bonds is 22. The van der Waals surface area contributed by atoms with E-state index in [-0.39, 0.29) is 89.2 Å². The van der Waals surface area contributed by atoms with Gasteiger partial charge in [-0.3, -0.25) is 53.1 Å². The summed E-state index contributed by atoms with van der Waals surface area (Å²) in [6.45, 7) is 3.48. The highest BCUT2D eigenvalue weighted by Gasteiger charge is 2.43. The number of ether oxygens (including phenoxy) is 1. The Morgan fingerprint density at radius 3 is 1.75 bits per heavy atom. The van der Waals surface area contributed by atoms with Gasteiger partial charge in [0.15, 0.2) is 11.9 Å². The molecular formula is C52H79N15O10. The zero-order valence-corrected chi connectivity index (χ0v) is 44.3. The second-order valence-electron chi connectivity index (χ2n) is 20.0. The smallest absolute Gasteiger partial charge is 0.243 e. The Labute approximate surface area is 448 Å². The molecule has 0 bridgehead atoms. The van der Waals surface area contributed by atoms with Gasteiger partial charge in [0.2, 0.25) is 53.2 Å². The van der Waals surface area contributed by atoms with Crippen molar-refractivity contribution in [1.29, 1.82) is 0 Å². The van der Waals surface area contributed by atoms with E-state index in [1.807, 2.05) is 0 Å². The van der Waals surface area contributed by atoms with Gasteiger partial charge >= 0.3 is 0 Å². The third-order valence-corrected chi connectivity index (χ3v) is 13.7. The summed E-state index contributed by atoms with van der Waals surface area (Å²) in [6.07, 6.45) is 2.05. The van der Waals surface area contributed by atoms with Crippen LogP contribution < -0.4 is 76.4 Å². The maximum Gasteiger partial charge on any atom is 0.243 e. The minimum absolute atomic E-state index is 0.00368. The molecule has 0 radical (unpaired) electrons. The summed E-state index contributed by atoms with van der Waals surface area (Å²) in [6, 6.07) is 6.39. The highest BCUT2D eigenvalue weighted by atomic mass is 16.5. The second kappa shape index (κ2) is 30.5. The molecule has 1 aliphatic carbocycles. The van der Waals surface area contributed by atoms with Gasteiger partial charge in [0.1, 0.15) is 48.0 Å². The van der Waals surface area contributed by atoms with Crippen LogP contribution in [0.3, 0.4) is 0 Å². The number of nitrogens with zero attached hydrogens (tertiary/aromatic N) is 2. The van der Waals surface area contributed by atoms with Crippen LogP contribution in [-0.2, 0) is 56.0 Å². The third kappa shape index (κ3) is 20.2. The first-order chi connectivity index (χ1) is 36.6. The molecule has 1 saturated heterocycles. The second-order valence-corrected chi connectivity index (χ2v) is 20.0. The fourth-order valence-corrected chi connectivity index (χ4v) is 9.34. The van der Waals surface area contributed by atoms with Crippen LogP contribution in [0.1, 0.15) is 108 Å². The van der Waals surface area contributed by atoms with Crippen molar-refractivity contribution in [2.75, 3.05) is 20.2 Å². The number of nitrogens with one attached hydrogen (secondary N) is 7. The van der Waals surface area contributed by atoms with Crippen LogP contribution in [0.2, 0.25) is 0 Å². The van der Waals surface area contributed by atoms with Gasteiger partial charge in [-0.25, -0.2) is 0 Å². The quantitative estimate of drug-likeness (QED) is 0.0349. The molecule has 1 aliphatic heterocycles. The molecule has 0 aromatic heterocycles. The lowest BCUT2D eigenvalue weighted by atomic mass is 9.69. The average Bonchev–Trinajstić information content (AvgIpc) is 3.39. The molecule has 25 heteroatoms. The van der Waals surface area contributed by atoms with Gasteiger partial charge in [-0.2, -0.15) is 0 Å². The molecular weight excluding hydrogens is 995 g/mol. The maximum absolute atomic E-state index is 15.1. The molecule has 2 aromatic rings. The first kappa shape index (κ1) is 61.6. The van der Waals surface area contributed by atoms with Crippen molar-refractivity contribution >= 4 is 65.1 Å². The van der Waals surface area contributed by atoms with E-state index in [0.717, 1.165) is 6.42 Å². The van der Waals surface area contributed by atoms with Crippen LogP contribution >= 0.6 is 0 Å². The van der Waals surface area contributed by atoms with Gasteiger partial charge in [-0.05, 0) is 87.0 Å². The van der Waals surface area contributed by atoms with E-state index in [1.165, 1.54) is 7.11 Å². The summed E-state index contributed by atoms with van der Waals surface area (Å²) in [5, 5.41) is 19.3. The van der Waals surface area contributed by atoms with E-state index < -0.39 is 107 Å². The number of carbonyl (C=O) groups is 9. The van der Waals surface area contributed by atoms with E-state index in [4.69, 9.17) is 39.1 Å². The molecule has 2 aliphatic rings. The molecule has 77 heavy (non-hydrogen) atoms. The Kier molecular flexibility index (Phi) is 24.4. The topological polar surface area (TPSA) is 428 Å². The van der Waals surface area contributed by atoms with Crippen molar-refractivity contribution in [3.63, 3.8) is 0 Å². The van der Waals surface area contributed by atoms with Crippen LogP contribution in [-0.4, -0.2) is 128 Å². The number of nitrogens with two attached hydrogens (primary N) is 6. The fraction of sp³-hybridized carbons (Fsp3) is 0.558. The van der Waals surface area contributed by atoms with Gasteiger partial charge < -0.3 is 76.4 Å². The number of amides is 9. The Balaban J connectivity index is 1.83. The first-order valence-electron chi connectivity index (χ1n) is 26.1. The normalized spacial score (nSPS) is 21.2. The summed E-state index contributed by atoms with van der Waals surface area (Å²) >= 11 is 0. The largest absolute Gasteiger partial charge is 0.497 e. The van der Waals surface area contributed by atoms with E-state index in [0.29, 0.717) is 42.6 Å². The average molecular weight is 1070 g/mol. The number of hydrogen-bond acceptors (Lipinski definition) is 12. The number of benzene rings is 2. The summed E-state index contributed by atoms with van der Waals surface area (Å²) in [5.74, 6) is -7.49. The number of methoxy groups -OCH3 is 1. The molecule has 2 aromatic carbocycles. The van der Waals surface area contributed by atoms with Crippen molar-refractivity contribution in [3.05, 3.63) is 65.7 Å². The summed E-state index contributed by atoms with van der Waals surface area (Å²) < 4.78 is 5.35. The SMILES string of the molecule is COc1ccc(C[C@@H]2NC(=O)C3(CCCCC3)CCC(C(=O)N[C@@H](CCCN=C(N)N)C(=O)N[C@H](CCCN=C(N)N)C(N)=O)NC(=O)[C@H](CCC(N)=O)NC(=O)[C@H](C(C)C)NC(=O)[C@H](Cc3ccccc3)NC2=O)cc1. The minimum atomic E-state index is -1.52. The highest BCUT2D eigenvalue weighted by Crippen LogP contribution is 2.41. The molecule has 1 unspecified atom stereocenters. The number of primary amides is 2. The molecule has 1 saturated carbocycles. The molecule has 25 nitrogen and oxygen atoms in total. The number of hydrogen-bond donors (Lipinski definition) is 13. The molecule has 19 N–H and O–H groups in total. The number of aliphatic imine (C=N–C) groups is 2. The van der Waals surface area contributed by atoms with Crippen molar-refractivity contribution in [3.8, 4) is 5.75 Å². The van der Waals surface area contributed by atoms with Gasteiger partial charge in [-0.1, -0.05) is 75.6 Å². The van der Waals surface area contributed by atoms with E-state index in [1.54, 1.807) is 68.4 Å².